The van der Waals surface area contributed by atoms with Crippen molar-refractivity contribution in [2.24, 2.45) is 0 Å². The van der Waals surface area contributed by atoms with Gasteiger partial charge in [0.15, 0.2) is 0 Å². The maximum Gasteiger partial charge on any atom is 0.245 e. The molecule has 1 aromatic carbocycles. The molecule has 2 aliphatic rings. The number of ether oxygens (including phenoxy) is 1. The molecule has 2 bridgehead atoms. The van der Waals surface area contributed by atoms with E-state index in [2.05, 4.69) is 10.3 Å². The van der Waals surface area contributed by atoms with Crippen LogP contribution in [0.1, 0.15) is 12.8 Å². The largest absolute Gasteiger partial charge is 0.377 e. The lowest BCUT2D eigenvalue weighted by molar-refractivity contribution is -0.141. The molecule has 2 aliphatic heterocycles. The van der Waals surface area contributed by atoms with Crippen molar-refractivity contribution in [1.82, 2.24) is 19.9 Å². The molecule has 20 heavy (non-hydrogen) atoms. The van der Waals surface area contributed by atoms with Gasteiger partial charge < -0.3 is 9.64 Å². The molecule has 6 nitrogen and oxygen atoms in total. The Balaban J connectivity index is 1.58. The SMILES string of the molecule is O=C(Cn1nnc2ccccc21)N1C2CCC1COC2. The number of rotatable bonds is 2. The van der Waals surface area contributed by atoms with Crippen LogP contribution in [0.15, 0.2) is 24.3 Å². The lowest BCUT2D eigenvalue weighted by atomic mass is 10.2. The van der Waals surface area contributed by atoms with Gasteiger partial charge in [-0.1, -0.05) is 17.3 Å². The van der Waals surface area contributed by atoms with Crippen molar-refractivity contribution < 1.29 is 9.53 Å². The number of amides is 1. The molecule has 2 saturated heterocycles. The minimum atomic E-state index is 0.122. The van der Waals surface area contributed by atoms with Gasteiger partial charge in [-0.3, -0.25) is 4.79 Å². The molecule has 0 saturated carbocycles. The molecular formula is C14H16N4O2. The predicted octanol–water partition coefficient (Wildman–Crippen LogP) is 0.821. The number of hydrogen-bond donors (Lipinski definition) is 0. The Hall–Kier alpha value is -1.95. The van der Waals surface area contributed by atoms with E-state index in [1.54, 1.807) is 4.68 Å². The average molecular weight is 272 g/mol. The average Bonchev–Trinajstić information content (AvgIpc) is 2.98. The second-order valence-electron chi connectivity index (χ2n) is 5.46. The molecule has 0 N–H and O–H groups in total. The number of morpholine rings is 1. The molecule has 104 valence electrons. The minimum absolute atomic E-state index is 0.122. The van der Waals surface area contributed by atoms with Gasteiger partial charge in [0.25, 0.3) is 0 Å². The summed E-state index contributed by atoms with van der Waals surface area (Å²) in [4.78, 5) is 14.6. The van der Waals surface area contributed by atoms with E-state index in [1.165, 1.54) is 0 Å². The zero-order chi connectivity index (χ0) is 13.5. The molecule has 2 unspecified atom stereocenters. The normalized spacial score (nSPS) is 25.3. The van der Waals surface area contributed by atoms with E-state index < -0.39 is 0 Å². The number of para-hydroxylation sites is 1. The number of carbonyl (C=O) groups is 1. The van der Waals surface area contributed by atoms with E-state index in [1.807, 2.05) is 29.2 Å². The van der Waals surface area contributed by atoms with Crippen LogP contribution in [-0.4, -0.2) is 51.1 Å². The van der Waals surface area contributed by atoms with Crippen LogP contribution in [0.25, 0.3) is 11.0 Å². The number of nitrogens with zero attached hydrogens (tertiary/aromatic N) is 4. The molecule has 2 fully saturated rings. The highest BCUT2D eigenvalue weighted by atomic mass is 16.5. The molecule has 2 aromatic rings. The van der Waals surface area contributed by atoms with Crippen LogP contribution in [0, 0.1) is 0 Å². The Kier molecular flexibility index (Phi) is 2.70. The summed E-state index contributed by atoms with van der Waals surface area (Å²) in [7, 11) is 0. The van der Waals surface area contributed by atoms with Crippen LogP contribution in [0.5, 0.6) is 0 Å². The summed E-state index contributed by atoms with van der Waals surface area (Å²) in [6.45, 7) is 1.59. The molecule has 0 aliphatic carbocycles. The quantitative estimate of drug-likeness (QED) is 0.812. The van der Waals surface area contributed by atoms with Crippen molar-refractivity contribution in [2.45, 2.75) is 31.5 Å². The van der Waals surface area contributed by atoms with E-state index in [-0.39, 0.29) is 24.5 Å². The van der Waals surface area contributed by atoms with Gasteiger partial charge in [0.1, 0.15) is 12.1 Å². The Labute approximate surface area is 116 Å². The monoisotopic (exact) mass is 272 g/mol. The molecule has 6 heteroatoms. The molecule has 1 aromatic heterocycles. The highest BCUT2D eigenvalue weighted by molar-refractivity contribution is 5.80. The molecular weight excluding hydrogens is 256 g/mol. The lowest BCUT2D eigenvalue weighted by Gasteiger charge is -2.34. The number of hydrogen-bond acceptors (Lipinski definition) is 4. The van der Waals surface area contributed by atoms with Gasteiger partial charge in [-0.2, -0.15) is 0 Å². The van der Waals surface area contributed by atoms with Crippen LogP contribution >= 0.6 is 0 Å². The van der Waals surface area contributed by atoms with Crippen molar-refractivity contribution in [3.05, 3.63) is 24.3 Å². The van der Waals surface area contributed by atoms with Gasteiger partial charge in [0, 0.05) is 0 Å². The van der Waals surface area contributed by atoms with Crippen molar-refractivity contribution >= 4 is 16.9 Å². The summed E-state index contributed by atoms with van der Waals surface area (Å²) < 4.78 is 7.20. The molecule has 1 amide bonds. The number of aromatic nitrogens is 3. The summed E-state index contributed by atoms with van der Waals surface area (Å²) in [5, 5.41) is 8.18. The van der Waals surface area contributed by atoms with Crippen LogP contribution in [0.4, 0.5) is 0 Å². The number of benzene rings is 1. The first-order chi connectivity index (χ1) is 9.83. The van der Waals surface area contributed by atoms with E-state index in [9.17, 15) is 4.79 Å². The van der Waals surface area contributed by atoms with Gasteiger partial charge >= 0.3 is 0 Å². The van der Waals surface area contributed by atoms with Crippen LogP contribution in [-0.2, 0) is 16.1 Å². The first kappa shape index (κ1) is 11.8. The van der Waals surface area contributed by atoms with Crippen molar-refractivity contribution in [3.63, 3.8) is 0 Å². The first-order valence-electron chi connectivity index (χ1n) is 7.00. The molecule has 4 rings (SSSR count). The van der Waals surface area contributed by atoms with Crippen LogP contribution in [0.2, 0.25) is 0 Å². The summed E-state index contributed by atoms with van der Waals surface area (Å²) >= 11 is 0. The van der Waals surface area contributed by atoms with Gasteiger partial charge in [-0.25, -0.2) is 4.68 Å². The van der Waals surface area contributed by atoms with Crippen LogP contribution < -0.4 is 0 Å². The van der Waals surface area contributed by atoms with Crippen molar-refractivity contribution in [3.8, 4) is 0 Å². The van der Waals surface area contributed by atoms with Gasteiger partial charge in [-0.15, -0.1) is 5.10 Å². The maximum absolute atomic E-state index is 12.6. The van der Waals surface area contributed by atoms with Gasteiger partial charge in [0.2, 0.25) is 5.91 Å². The maximum atomic E-state index is 12.6. The Morgan fingerprint density at radius 2 is 2.00 bits per heavy atom. The minimum Gasteiger partial charge on any atom is -0.377 e. The summed E-state index contributed by atoms with van der Waals surface area (Å²) in [6.07, 6.45) is 2.10. The third kappa shape index (κ3) is 1.79. The fourth-order valence-electron chi connectivity index (χ4n) is 3.28. The summed E-state index contributed by atoms with van der Waals surface area (Å²) in [6, 6.07) is 8.20. The second-order valence-corrected chi connectivity index (χ2v) is 5.46. The highest BCUT2D eigenvalue weighted by Crippen LogP contribution is 2.29. The number of fused-ring (bicyclic) bond motifs is 3. The zero-order valence-corrected chi connectivity index (χ0v) is 11.1. The molecule has 0 radical (unpaired) electrons. The van der Waals surface area contributed by atoms with E-state index in [0.29, 0.717) is 13.2 Å². The topological polar surface area (TPSA) is 60.2 Å². The smallest absolute Gasteiger partial charge is 0.245 e. The molecule has 2 atom stereocenters. The van der Waals surface area contributed by atoms with E-state index in [4.69, 9.17) is 4.74 Å². The first-order valence-corrected chi connectivity index (χ1v) is 7.00. The highest BCUT2D eigenvalue weighted by Gasteiger charge is 2.40. The Morgan fingerprint density at radius 1 is 1.25 bits per heavy atom. The van der Waals surface area contributed by atoms with Crippen molar-refractivity contribution in [2.75, 3.05) is 13.2 Å². The molecule has 0 spiro atoms. The zero-order valence-electron chi connectivity index (χ0n) is 11.1. The van der Waals surface area contributed by atoms with Gasteiger partial charge in [0.05, 0.1) is 30.8 Å². The standard InChI is InChI=1S/C14H16N4O2/c19-14(18-10-5-6-11(18)9-20-8-10)7-17-13-4-2-1-3-12(13)15-16-17/h1-4,10-11H,5-9H2. The van der Waals surface area contributed by atoms with E-state index in [0.717, 1.165) is 23.9 Å². The number of carbonyl (C=O) groups excluding carboxylic acids is 1. The molecule has 3 heterocycles. The van der Waals surface area contributed by atoms with Crippen LogP contribution in [0.3, 0.4) is 0 Å². The summed E-state index contributed by atoms with van der Waals surface area (Å²) in [5.41, 5.74) is 1.73. The lowest BCUT2D eigenvalue weighted by Crippen LogP contribution is -2.50. The summed E-state index contributed by atoms with van der Waals surface area (Å²) in [5.74, 6) is 0.122. The predicted molar refractivity (Wildman–Crippen MR) is 72.0 cm³/mol. The Morgan fingerprint density at radius 3 is 2.80 bits per heavy atom. The Bertz CT molecular complexity index is 637. The van der Waals surface area contributed by atoms with E-state index >= 15 is 0 Å². The fraction of sp³-hybridized carbons (Fsp3) is 0.500. The third-order valence-electron chi connectivity index (χ3n) is 4.23. The van der Waals surface area contributed by atoms with Gasteiger partial charge in [-0.05, 0) is 25.0 Å². The second kappa shape index (κ2) is 4.56. The fourth-order valence-corrected chi connectivity index (χ4v) is 3.28. The third-order valence-corrected chi connectivity index (χ3v) is 4.23. The van der Waals surface area contributed by atoms with Crippen molar-refractivity contribution in [1.29, 1.82) is 0 Å².